The molecule has 0 fully saturated rings. The minimum Gasteiger partial charge on any atom is -0.465 e. The Morgan fingerprint density at radius 3 is 2.71 bits per heavy atom. The van der Waals surface area contributed by atoms with Gasteiger partial charge in [-0.3, -0.25) is 9.59 Å². The molecule has 1 amide bonds. The molecule has 0 saturated carbocycles. The molecular weight excluding hydrogens is 218 g/mol. The maximum atomic E-state index is 12.2. The number of esters is 1. The van der Waals surface area contributed by atoms with E-state index in [0.29, 0.717) is 5.56 Å². The Hall–Kier alpha value is -1.84. The van der Waals surface area contributed by atoms with Crippen LogP contribution in [0.1, 0.15) is 19.4 Å². The lowest BCUT2D eigenvalue weighted by atomic mass is 9.84. The summed E-state index contributed by atoms with van der Waals surface area (Å²) >= 11 is 0. The monoisotopic (exact) mass is 233 g/mol. The van der Waals surface area contributed by atoms with Crippen LogP contribution in [0.5, 0.6) is 0 Å². The Bertz CT molecular complexity index is 483. The van der Waals surface area contributed by atoms with Crippen molar-refractivity contribution in [1.82, 2.24) is 0 Å². The molecule has 1 aromatic carbocycles. The lowest BCUT2D eigenvalue weighted by Gasteiger charge is -2.20. The van der Waals surface area contributed by atoms with Crippen LogP contribution in [0, 0.1) is 0 Å². The Morgan fingerprint density at radius 1 is 1.41 bits per heavy atom. The number of fused-ring (bicyclic) bond motifs is 1. The van der Waals surface area contributed by atoms with Gasteiger partial charge in [0, 0.05) is 18.3 Å². The topological polar surface area (TPSA) is 46.6 Å². The average molecular weight is 233 g/mol. The number of carbonyl (C=O) groups excluding carboxylic acids is 2. The predicted molar refractivity (Wildman–Crippen MR) is 63.8 cm³/mol. The molecule has 90 valence electrons. The predicted octanol–water partition coefficient (Wildman–Crippen LogP) is 1.48. The third-order valence-corrected chi connectivity index (χ3v) is 3.22. The van der Waals surface area contributed by atoms with Gasteiger partial charge in [0.25, 0.3) is 0 Å². The zero-order chi connectivity index (χ0) is 12.6. The molecule has 0 N–H and O–H groups in total. The van der Waals surface area contributed by atoms with Crippen molar-refractivity contribution < 1.29 is 14.3 Å². The van der Waals surface area contributed by atoms with Crippen LogP contribution in [0.25, 0.3) is 0 Å². The number of carbonyl (C=O) groups is 2. The first-order chi connectivity index (χ1) is 8.03. The molecule has 1 aliphatic heterocycles. The summed E-state index contributed by atoms with van der Waals surface area (Å²) in [5, 5.41) is 0. The van der Waals surface area contributed by atoms with Crippen molar-refractivity contribution in [2.45, 2.75) is 19.3 Å². The number of hydrogen-bond acceptors (Lipinski definition) is 3. The standard InChI is InChI=1S/C13H15NO3/c1-4-17-12(16)13(2)9-7-5-6-8-10(9)14(3)11(13)15/h5-8H,4H2,1-3H3. The van der Waals surface area contributed by atoms with Crippen molar-refractivity contribution in [2.24, 2.45) is 0 Å². The quantitative estimate of drug-likeness (QED) is 0.574. The minimum atomic E-state index is -1.21. The first-order valence-corrected chi connectivity index (χ1v) is 5.58. The second-order valence-corrected chi connectivity index (χ2v) is 4.23. The van der Waals surface area contributed by atoms with Crippen molar-refractivity contribution >= 4 is 17.6 Å². The van der Waals surface area contributed by atoms with Crippen LogP contribution in [-0.2, 0) is 19.7 Å². The molecule has 1 unspecified atom stereocenters. The van der Waals surface area contributed by atoms with Gasteiger partial charge in [0.15, 0.2) is 5.41 Å². The number of ether oxygens (including phenoxy) is 1. The summed E-state index contributed by atoms with van der Waals surface area (Å²) in [6.45, 7) is 3.62. The van der Waals surface area contributed by atoms with Crippen LogP contribution in [-0.4, -0.2) is 25.5 Å². The Morgan fingerprint density at radius 2 is 2.06 bits per heavy atom. The van der Waals surface area contributed by atoms with E-state index in [2.05, 4.69) is 0 Å². The lowest BCUT2D eigenvalue weighted by Crippen LogP contribution is -2.43. The average Bonchev–Trinajstić information content (AvgIpc) is 2.54. The molecule has 1 aromatic rings. The third-order valence-electron chi connectivity index (χ3n) is 3.22. The molecule has 4 nitrogen and oxygen atoms in total. The molecule has 0 radical (unpaired) electrons. The number of benzene rings is 1. The summed E-state index contributed by atoms with van der Waals surface area (Å²) in [5.74, 6) is -0.723. The molecule has 0 bridgehead atoms. The summed E-state index contributed by atoms with van der Waals surface area (Å²) in [7, 11) is 1.67. The molecule has 4 heteroatoms. The summed E-state index contributed by atoms with van der Waals surface area (Å²) in [6, 6.07) is 7.30. The molecule has 17 heavy (non-hydrogen) atoms. The molecule has 0 saturated heterocycles. The molecular formula is C13H15NO3. The fraction of sp³-hybridized carbons (Fsp3) is 0.385. The van der Waals surface area contributed by atoms with Crippen LogP contribution in [0.3, 0.4) is 0 Å². The van der Waals surface area contributed by atoms with Crippen molar-refractivity contribution in [2.75, 3.05) is 18.6 Å². The van der Waals surface area contributed by atoms with Gasteiger partial charge in [-0.05, 0) is 19.9 Å². The van der Waals surface area contributed by atoms with Gasteiger partial charge in [-0.1, -0.05) is 18.2 Å². The van der Waals surface area contributed by atoms with Gasteiger partial charge in [-0.2, -0.15) is 0 Å². The van der Waals surface area contributed by atoms with E-state index in [9.17, 15) is 9.59 Å². The van der Waals surface area contributed by atoms with E-state index in [-0.39, 0.29) is 12.5 Å². The normalized spacial score (nSPS) is 22.5. The highest BCUT2D eigenvalue weighted by Crippen LogP contribution is 2.41. The van der Waals surface area contributed by atoms with E-state index in [1.807, 2.05) is 18.2 Å². The maximum absolute atomic E-state index is 12.2. The molecule has 0 aliphatic carbocycles. The summed E-state index contributed by atoms with van der Waals surface area (Å²) < 4.78 is 5.02. The highest BCUT2D eigenvalue weighted by molar-refractivity contribution is 6.19. The van der Waals surface area contributed by atoms with Gasteiger partial charge in [0.1, 0.15) is 0 Å². The van der Waals surface area contributed by atoms with Gasteiger partial charge in [-0.25, -0.2) is 0 Å². The Kier molecular flexibility index (Phi) is 2.65. The summed E-state index contributed by atoms with van der Waals surface area (Å²) in [5.41, 5.74) is 0.278. The van der Waals surface area contributed by atoms with Crippen molar-refractivity contribution in [3.8, 4) is 0 Å². The molecule has 2 rings (SSSR count). The maximum Gasteiger partial charge on any atom is 0.326 e. The minimum absolute atomic E-state index is 0.239. The van der Waals surface area contributed by atoms with Crippen LogP contribution in [0.4, 0.5) is 5.69 Å². The number of likely N-dealkylation sites (N-methyl/N-ethyl adjacent to an activating group) is 1. The zero-order valence-corrected chi connectivity index (χ0v) is 10.2. The van der Waals surface area contributed by atoms with Crippen molar-refractivity contribution in [3.63, 3.8) is 0 Å². The van der Waals surface area contributed by atoms with Crippen LogP contribution in [0.15, 0.2) is 24.3 Å². The van der Waals surface area contributed by atoms with E-state index >= 15 is 0 Å². The van der Waals surface area contributed by atoms with Gasteiger partial charge in [0.05, 0.1) is 6.61 Å². The van der Waals surface area contributed by atoms with Gasteiger partial charge < -0.3 is 9.64 Å². The van der Waals surface area contributed by atoms with E-state index < -0.39 is 11.4 Å². The van der Waals surface area contributed by atoms with Gasteiger partial charge in [0.2, 0.25) is 5.91 Å². The second kappa shape index (κ2) is 3.87. The number of rotatable bonds is 2. The van der Waals surface area contributed by atoms with Crippen LogP contribution in [0.2, 0.25) is 0 Å². The molecule has 0 spiro atoms. The second-order valence-electron chi connectivity index (χ2n) is 4.23. The molecule has 0 aromatic heterocycles. The third kappa shape index (κ3) is 1.44. The molecule has 1 aliphatic rings. The smallest absolute Gasteiger partial charge is 0.326 e. The van der Waals surface area contributed by atoms with Crippen LogP contribution >= 0.6 is 0 Å². The van der Waals surface area contributed by atoms with E-state index in [1.165, 1.54) is 4.90 Å². The molecule has 1 atom stereocenters. The summed E-state index contributed by atoms with van der Waals surface area (Å²) in [4.78, 5) is 25.7. The van der Waals surface area contributed by atoms with Crippen molar-refractivity contribution in [3.05, 3.63) is 29.8 Å². The number of nitrogens with zero attached hydrogens (tertiary/aromatic N) is 1. The van der Waals surface area contributed by atoms with E-state index in [0.717, 1.165) is 5.69 Å². The van der Waals surface area contributed by atoms with Gasteiger partial charge >= 0.3 is 5.97 Å². The fourth-order valence-electron chi connectivity index (χ4n) is 2.22. The first-order valence-electron chi connectivity index (χ1n) is 5.58. The largest absolute Gasteiger partial charge is 0.465 e. The number of para-hydroxylation sites is 1. The fourth-order valence-corrected chi connectivity index (χ4v) is 2.22. The Labute approximate surface area is 100 Å². The number of hydrogen-bond donors (Lipinski definition) is 0. The number of amides is 1. The highest BCUT2D eigenvalue weighted by Gasteiger charge is 2.52. The lowest BCUT2D eigenvalue weighted by molar-refractivity contribution is -0.152. The first kappa shape index (κ1) is 11.6. The molecule has 1 heterocycles. The Balaban J connectivity index is 2.55. The van der Waals surface area contributed by atoms with Gasteiger partial charge in [-0.15, -0.1) is 0 Å². The summed E-state index contributed by atoms with van der Waals surface area (Å²) in [6.07, 6.45) is 0. The number of anilines is 1. The SMILES string of the molecule is CCOC(=O)C1(C)C(=O)N(C)c2ccccc21. The van der Waals surface area contributed by atoms with E-state index in [1.54, 1.807) is 27.0 Å². The van der Waals surface area contributed by atoms with E-state index in [4.69, 9.17) is 4.74 Å². The van der Waals surface area contributed by atoms with Crippen molar-refractivity contribution in [1.29, 1.82) is 0 Å². The van der Waals surface area contributed by atoms with Crippen LogP contribution < -0.4 is 4.90 Å². The zero-order valence-electron chi connectivity index (χ0n) is 10.2. The highest BCUT2D eigenvalue weighted by atomic mass is 16.5.